The highest BCUT2D eigenvalue weighted by molar-refractivity contribution is 5.89. The van der Waals surface area contributed by atoms with E-state index in [2.05, 4.69) is 20.8 Å². The predicted molar refractivity (Wildman–Crippen MR) is 85.9 cm³/mol. The Bertz CT molecular complexity index is 664. The molecule has 2 rings (SSSR count). The molecular formula is C16H22N4O2. The Labute approximate surface area is 130 Å². The van der Waals surface area contributed by atoms with E-state index in [0.717, 1.165) is 16.9 Å². The molecule has 0 spiro atoms. The number of anilines is 2. The van der Waals surface area contributed by atoms with Crippen molar-refractivity contribution in [2.45, 2.75) is 46.6 Å². The van der Waals surface area contributed by atoms with Gasteiger partial charge in [0, 0.05) is 24.2 Å². The molecule has 1 heterocycles. The zero-order valence-electron chi connectivity index (χ0n) is 13.6. The van der Waals surface area contributed by atoms with Crippen LogP contribution in [0.15, 0.2) is 22.7 Å². The number of benzene rings is 1. The number of hydrogen-bond acceptors (Lipinski definition) is 5. The Morgan fingerprint density at radius 1 is 1.27 bits per heavy atom. The molecule has 1 aromatic heterocycles. The lowest BCUT2D eigenvalue weighted by molar-refractivity contribution is -0.114. The Hall–Kier alpha value is -2.37. The van der Waals surface area contributed by atoms with E-state index in [1.54, 1.807) is 0 Å². The number of hydrogen-bond donors (Lipinski definition) is 2. The van der Waals surface area contributed by atoms with Gasteiger partial charge in [-0.2, -0.15) is 4.98 Å². The van der Waals surface area contributed by atoms with Crippen molar-refractivity contribution in [3.05, 3.63) is 35.5 Å². The topological polar surface area (TPSA) is 80.0 Å². The van der Waals surface area contributed by atoms with E-state index in [-0.39, 0.29) is 17.9 Å². The third kappa shape index (κ3) is 3.84. The third-order valence-corrected chi connectivity index (χ3v) is 3.26. The van der Waals surface area contributed by atoms with Crippen LogP contribution in [0, 0.1) is 6.92 Å². The van der Waals surface area contributed by atoms with Gasteiger partial charge in [0.1, 0.15) is 6.04 Å². The highest BCUT2D eigenvalue weighted by atomic mass is 16.5. The minimum atomic E-state index is -0.0917. The predicted octanol–water partition coefficient (Wildman–Crippen LogP) is 3.63. The molecule has 6 heteroatoms. The quantitative estimate of drug-likeness (QED) is 0.881. The maximum Gasteiger partial charge on any atom is 0.248 e. The number of nitrogens with zero attached hydrogens (tertiary/aromatic N) is 2. The van der Waals surface area contributed by atoms with Crippen LogP contribution in [0.3, 0.4) is 0 Å². The number of carbonyl (C=O) groups is 1. The first-order valence-electron chi connectivity index (χ1n) is 7.35. The summed E-state index contributed by atoms with van der Waals surface area (Å²) in [6, 6.07) is 5.67. The van der Waals surface area contributed by atoms with Crippen molar-refractivity contribution >= 4 is 17.3 Å². The van der Waals surface area contributed by atoms with Gasteiger partial charge in [-0.3, -0.25) is 4.79 Å². The maximum atomic E-state index is 11.1. The van der Waals surface area contributed by atoms with Gasteiger partial charge in [-0.1, -0.05) is 19.0 Å². The fourth-order valence-corrected chi connectivity index (χ4v) is 2.05. The minimum absolute atomic E-state index is 0.0794. The van der Waals surface area contributed by atoms with Gasteiger partial charge in [0.2, 0.25) is 11.8 Å². The lowest BCUT2D eigenvalue weighted by atomic mass is 10.1. The maximum absolute atomic E-state index is 11.1. The average molecular weight is 302 g/mol. The van der Waals surface area contributed by atoms with Crippen molar-refractivity contribution in [1.29, 1.82) is 0 Å². The molecule has 0 saturated carbocycles. The van der Waals surface area contributed by atoms with Crippen LogP contribution in [-0.2, 0) is 4.79 Å². The van der Waals surface area contributed by atoms with Crippen LogP contribution in [0.1, 0.15) is 56.9 Å². The molecule has 0 saturated heterocycles. The fraction of sp³-hybridized carbons (Fsp3) is 0.438. The number of nitrogens with one attached hydrogen (secondary N) is 2. The average Bonchev–Trinajstić information content (AvgIpc) is 2.91. The highest BCUT2D eigenvalue weighted by Gasteiger charge is 2.16. The summed E-state index contributed by atoms with van der Waals surface area (Å²) in [5.74, 6) is 1.43. The van der Waals surface area contributed by atoms with Gasteiger partial charge in [0.25, 0.3) is 0 Å². The SMILES string of the molecule is CC(=O)Nc1ccc(N[C@H](C)c2nc(C(C)C)no2)cc1C. The first kappa shape index (κ1) is 16.0. The van der Waals surface area contributed by atoms with Crippen LogP contribution in [0.4, 0.5) is 11.4 Å². The second-order valence-corrected chi connectivity index (χ2v) is 5.72. The van der Waals surface area contributed by atoms with Crippen molar-refractivity contribution in [1.82, 2.24) is 10.1 Å². The van der Waals surface area contributed by atoms with Gasteiger partial charge >= 0.3 is 0 Å². The summed E-state index contributed by atoms with van der Waals surface area (Å²) < 4.78 is 5.29. The first-order chi connectivity index (χ1) is 10.4. The van der Waals surface area contributed by atoms with Gasteiger partial charge in [0.05, 0.1) is 0 Å². The largest absolute Gasteiger partial charge is 0.374 e. The molecule has 0 fully saturated rings. The molecule has 0 radical (unpaired) electrons. The van der Waals surface area contributed by atoms with Crippen LogP contribution in [-0.4, -0.2) is 16.0 Å². The van der Waals surface area contributed by atoms with E-state index in [0.29, 0.717) is 11.7 Å². The van der Waals surface area contributed by atoms with E-state index >= 15 is 0 Å². The smallest absolute Gasteiger partial charge is 0.248 e. The molecule has 0 aliphatic carbocycles. The van der Waals surface area contributed by atoms with Crippen molar-refractivity contribution in [3.8, 4) is 0 Å². The van der Waals surface area contributed by atoms with E-state index < -0.39 is 0 Å². The second kappa shape index (κ2) is 6.60. The number of rotatable bonds is 5. The standard InChI is InChI=1S/C16H22N4O2/c1-9(2)15-19-16(22-20-15)11(4)17-13-6-7-14(10(3)8-13)18-12(5)21/h6-9,11,17H,1-5H3,(H,18,21)/t11-/m1/s1. The minimum Gasteiger partial charge on any atom is -0.374 e. The molecular weight excluding hydrogens is 280 g/mol. The van der Waals surface area contributed by atoms with Crippen LogP contribution in [0.5, 0.6) is 0 Å². The Balaban J connectivity index is 2.09. The molecule has 2 N–H and O–H groups in total. The molecule has 118 valence electrons. The van der Waals surface area contributed by atoms with Crippen molar-refractivity contribution in [2.75, 3.05) is 10.6 Å². The molecule has 0 aliphatic rings. The number of carbonyl (C=O) groups excluding carboxylic acids is 1. The fourth-order valence-electron chi connectivity index (χ4n) is 2.05. The summed E-state index contributed by atoms with van der Waals surface area (Å²) in [6.45, 7) is 9.46. The molecule has 1 aromatic carbocycles. The molecule has 0 unspecified atom stereocenters. The van der Waals surface area contributed by atoms with Crippen molar-refractivity contribution in [3.63, 3.8) is 0 Å². The van der Waals surface area contributed by atoms with Crippen molar-refractivity contribution < 1.29 is 9.32 Å². The van der Waals surface area contributed by atoms with Crippen LogP contribution >= 0.6 is 0 Å². The van der Waals surface area contributed by atoms with E-state index in [9.17, 15) is 4.79 Å². The van der Waals surface area contributed by atoms with Gasteiger partial charge in [-0.05, 0) is 37.6 Å². The third-order valence-electron chi connectivity index (χ3n) is 3.26. The molecule has 2 aromatic rings. The molecule has 6 nitrogen and oxygen atoms in total. The molecule has 1 atom stereocenters. The molecule has 22 heavy (non-hydrogen) atoms. The lowest BCUT2D eigenvalue weighted by Crippen LogP contribution is -2.09. The molecule has 1 amide bonds. The zero-order valence-corrected chi connectivity index (χ0v) is 13.6. The highest BCUT2D eigenvalue weighted by Crippen LogP contribution is 2.24. The van der Waals surface area contributed by atoms with E-state index in [1.165, 1.54) is 6.92 Å². The second-order valence-electron chi connectivity index (χ2n) is 5.72. The Kier molecular flexibility index (Phi) is 4.80. The lowest BCUT2D eigenvalue weighted by Gasteiger charge is -2.13. The van der Waals surface area contributed by atoms with Crippen molar-refractivity contribution in [2.24, 2.45) is 0 Å². The molecule has 0 aliphatic heterocycles. The number of aryl methyl sites for hydroxylation is 1. The Morgan fingerprint density at radius 3 is 2.55 bits per heavy atom. The van der Waals surface area contributed by atoms with Crippen LogP contribution < -0.4 is 10.6 Å². The van der Waals surface area contributed by atoms with Gasteiger partial charge in [-0.15, -0.1) is 0 Å². The normalized spacial score (nSPS) is 12.3. The number of amides is 1. The molecule has 0 bridgehead atoms. The van der Waals surface area contributed by atoms with Gasteiger partial charge < -0.3 is 15.2 Å². The summed E-state index contributed by atoms with van der Waals surface area (Å²) in [4.78, 5) is 15.5. The number of aromatic nitrogens is 2. The van der Waals surface area contributed by atoms with Gasteiger partial charge in [-0.25, -0.2) is 0 Å². The van der Waals surface area contributed by atoms with Crippen LogP contribution in [0.25, 0.3) is 0 Å². The first-order valence-corrected chi connectivity index (χ1v) is 7.35. The summed E-state index contributed by atoms with van der Waals surface area (Å²) in [7, 11) is 0. The summed E-state index contributed by atoms with van der Waals surface area (Å²) >= 11 is 0. The Morgan fingerprint density at radius 2 is 2.00 bits per heavy atom. The van der Waals surface area contributed by atoms with E-state index in [4.69, 9.17) is 4.52 Å². The summed E-state index contributed by atoms with van der Waals surface area (Å²) in [6.07, 6.45) is 0. The van der Waals surface area contributed by atoms with Gasteiger partial charge in [0.15, 0.2) is 5.82 Å². The summed E-state index contributed by atoms with van der Waals surface area (Å²) in [5, 5.41) is 10.1. The van der Waals surface area contributed by atoms with E-state index in [1.807, 2.05) is 45.9 Å². The monoisotopic (exact) mass is 302 g/mol. The zero-order chi connectivity index (χ0) is 16.3. The van der Waals surface area contributed by atoms with Crippen LogP contribution in [0.2, 0.25) is 0 Å². The summed E-state index contributed by atoms with van der Waals surface area (Å²) in [5.41, 5.74) is 2.73.